The molecule has 0 aromatic carbocycles. The van der Waals surface area contributed by atoms with Gasteiger partial charge in [-0.15, -0.1) is 0 Å². The average molecular weight is 242 g/mol. The van der Waals surface area contributed by atoms with Crippen LogP contribution in [0.5, 0.6) is 0 Å². The summed E-state index contributed by atoms with van der Waals surface area (Å²) in [5.41, 5.74) is 5.54. The summed E-state index contributed by atoms with van der Waals surface area (Å²) in [5.74, 6) is 0.637. The van der Waals surface area contributed by atoms with Crippen LogP contribution in [0.1, 0.15) is 39.0 Å². The molecule has 0 saturated carbocycles. The van der Waals surface area contributed by atoms with Crippen molar-refractivity contribution in [2.45, 2.75) is 45.1 Å². The lowest BCUT2D eigenvalue weighted by Gasteiger charge is -2.27. The van der Waals surface area contributed by atoms with Crippen molar-refractivity contribution in [3.8, 4) is 0 Å². The molecule has 0 aromatic heterocycles. The fraction of sp³-hybridized carbons (Fsp3) is 0.923. The zero-order chi connectivity index (χ0) is 12.7. The van der Waals surface area contributed by atoms with Crippen molar-refractivity contribution >= 4 is 5.91 Å². The quantitative estimate of drug-likeness (QED) is 0.765. The highest BCUT2D eigenvalue weighted by Crippen LogP contribution is 2.14. The van der Waals surface area contributed by atoms with Crippen LogP contribution >= 0.6 is 0 Å². The van der Waals surface area contributed by atoms with E-state index in [0.29, 0.717) is 18.9 Å². The summed E-state index contributed by atoms with van der Waals surface area (Å²) in [6, 6.07) is 0. The molecule has 1 aliphatic heterocycles. The first kappa shape index (κ1) is 14.5. The van der Waals surface area contributed by atoms with Crippen molar-refractivity contribution < 1.29 is 9.53 Å². The number of hydrogen-bond acceptors (Lipinski definition) is 3. The Morgan fingerprint density at radius 1 is 1.53 bits per heavy atom. The number of nitrogens with two attached hydrogens (primary N) is 1. The van der Waals surface area contributed by atoms with Crippen LogP contribution in [0.3, 0.4) is 0 Å². The third-order valence-corrected chi connectivity index (χ3v) is 3.43. The summed E-state index contributed by atoms with van der Waals surface area (Å²) < 4.78 is 5.63. The maximum absolute atomic E-state index is 11.9. The maximum atomic E-state index is 11.9. The van der Waals surface area contributed by atoms with E-state index in [2.05, 4.69) is 6.92 Å². The molecule has 4 nitrogen and oxygen atoms in total. The smallest absolute Gasteiger partial charge is 0.222 e. The minimum atomic E-state index is 0.208. The molecule has 2 N–H and O–H groups in total. The normalized spacial score (nSPS) is 22.2. The number of carbonyl (C=O) groups is 1. The third kappa shape index (κ3) is 5.50. The van der Waals surface area contributed by atoms with E-state index in [1.807, 2.05) is 7.05 Å². The molecule has 1 aliphatic rings. The van der Waals surface area contributed by atoms with Crippen molar-refractivity contribution in [3.63, 3.8) is 0 Å². The van der Waals surface area contributed by atoms with Crippen LogP contribution in [-0.2, 0) is 9.53 Å². The molecule has 100 valence electrons. The van der Waals surface area contributed by atoms with E-state index in [0.717, 1.165) is 32.4 Å². The van der Waals surface area contributed by atoms with Crippen molar-refractivity contribution in [1.82, 2.24) is 4.90 Å². The molecule has 1 heterocycles. The first-order valence-electron chi connectivity index (χ1n) is 6.69. The number of likely N-dealkylation sites (N-methyl/N-ethyl adjacent to an activating group) is 1. The van der Waals surface area contributed by atoms with Crippen LogP contribution in [0, 0.1) is 5.92 Å². The van der Waals surface area contributed by atoms with Gasteiger partial charge in [0.05, 0.1) is 6.10 Å². The lowest BCUT2D eigenvalue weighted by molar-refractivity contribution is -0.132. The van der Waals surface area contributed by atoms with Crippen LogP contribution in [0.25, 0.3) is 0 Å². The van der Waals surface area contributed by atoms with Crippen molar-refractivity contribution in [1.29, 1.82) is 0 Å². The summed E-state index contributed by atoms with van der Waals surface area (Å²) in [5, 5.41) is 0. The fourth-order valence-corrected chi connectivity index (χ4v) is 2.04. The number of ether oxygens (including phenoxy) is 1. The van der Waals surface area contributed by atoms with E-state index in [9.17, 15) is 4.79 Å². The van der Waals surface area contributed by atoms with Gasteiger partial charge in [-0.3, -0.25) is 4.79 Å². The van der Waals surface area contributed by atoms with Crippen LogP contribution in [0.4, 0.5) is 0 Å². The van der Waals surface area contributed by atoms with E-state index >= 15 is 0 Å². The van der Waals surface area contributed by atoms with E-state index in [1.165, 1.54) is 6.42 Å². The number of rotatable bonds is 6. The Balaban J connectivity index is 2.21. The van der Waals surface area contributed by atoms with Gasteiger partial charge in [0.25, 0.3) is 0 Å². The molecule has 0 radical (unpaired) electrons. The molecule has 0 bridgehead atoms. The number of carbonyl (C=O) groups excluding carboxylic acids is 1. The van der Waals surface area contributed by atoms with Gasteiger partial charge in [-0.05, 0) is 38.1 Å². The van der Waals surface area contributed by atoms with E-state index < -0.39 is 0 Å². The van der Waals surface area contributed by atoms with Gasteiger partial charge in [0.1, 0.15) is 0 Å². The second kappa shape index (κ2) is 7.67. The Kier molecular flexibility index (Phi) is 6.52. The summed E-state index contributed by atoms with van der Waals surface area (Å²) >= 11 is 0. The van der Waals surface area contributed by atoms with Crippen LogP contribution in [-0.4, -0.2) is 43.7 Å². The molecule has 4 heteroatoms. The van der Waals surface area contributed by atoms with Gasteiger partial charge in [-0.2, -0.15) is 0 Å². The van der Waals surface area contributed by atoms with Crippen LogP contribution in [0.2, 0.25) is 0 Å². The van der Waals surface area contributed by atoms with Gasteiger partial charge in [0, 0.05) is 26.6 Å². The molecule has 0 spiro atoms. The van der Waals surface area contributed by atoms with Crippen molar-refractivity contribution in [2.75, 3.05) is 26.7 Å². The molecule has 2 atom stereocenters. The third-order valence-electron chi connectivity index (χ3n) is 3.43. The Morgan fingerprint density at radius 3 is 2.88 bits per heavy atom. The minimum Gasteiger partial charge on any atom is -0.376 e. The molecule has 1 rings (SSSR count). The zero-order valence-electron chi connectivity index (χ0n) is 11.2. The largest absolute Gasteiger partial charge is 0.376 e. The summed E-state index contributed by atoms with van der Waals surface area (Å²) in [7, 11) is 1.87. The SMILES string of the molecule is CC(CN)CCC(=O)N(C)CC1CCCCO1. The predicted molar refractivity (Wildman–Crippen MR) is 68.7 cm³/mol. The minimum absolute atomic E-state index is 0.208. The van der Waals surface area contributed by atoms with Crippen molar-refractivity contribution in [2.24, 2.45) is 11.7 Å². The highest BCUT2D eigenvalue weighted by molar-refractivity contribution is 5.75. The molecular weight excluding hydrogens is 216 g/mol. The number of nitrogens with zero attached hydrogens (tertiary/aromatic N) is 1. The molecule has 1 saturated heterocycles. The van der Waals surface area contributed by atoms with Crippen molar-refractivity contribution in [3.05, 3.63) is 0 Å². The Hall–Kier alpha value is -0.610. The number of hydrogen-bond donors (Lipinski definition) is 1. The predicted octanol–water partition coefficient (Wildman–Crippen LogP) is 1.39. The molecule has 1 fully saturated rings. The average Bonchev–Trinajstić information content (AvgIpc) is 2.36. The lowest BCUT2D eigenvalue weighted by Crippen LogP contribution is -2.37. The molecule has 17 heavy (non-hydrogen) atoms. The second-order valence-electron chi connectivity index (χ2n) is 5.14. The molecule has 0 aliphatic carbocycles. The zero-order valence-corrected chi connectivity index (χ0v) is 11.2. The van der Waals surface area contributed by atoms with E-state index in [4.69, 9.17) is 10.5 Å². The first-order valence-corrected chi connectivity index (χ1v) is 6.69. The summed E-state index contributed by atoms with van der Waals surface area (Å²) in [6.45, 7) is 4.31. The Morgan fingerprint density at radius 2 is 2.29 bits per heavy atom. The van der Waals surface area contributed by atoms with Gasteiger partial charge >= 0.3 is 0 Å². The Labute approximate surface area is 104 Å². The van der Waals surface area contributed by atoms with Gasteiger partial charge in [-0.25, -0.2) is 0 Å². The standard InChI is InChI=1S/C13H26N2O2/c1-11(9-14)6-7-13(16)15(2)10-12-5-3-4-8-17-12/h11-12H,3-10,14H2,1-2H3. The van der Waals surface area contributed by atoms with E-state index in [-0.39, 0.29) is 12.0 Å². The molecule has 1 amide bonds. The van der Waals surface area contributed by atoms with Gasteiger partial charge in [-0.1, -0.05) is 6.92 Å². The number of amides is 1. The van der Waals surface area contributed by atoms with Gasteiger partial charge in [0.2, 0.25) is 5.91 Å². The first-order chi connectivity index (χ1) is 8.13. The lowest BCUT2D eigenvalue weighted by atomic mass is 10.1. The highest BCUT2D eigenvalue weighted by atomic mass is 16.5. The maximum Gasteiger partial charge on any atom is 0.222 e. The Bertz CT molecular complexity index is 227. The summed E-state index contributed by atoms with van der Waals surface area (Å²) in [4.78, 5) is 13.7. The molecule has 0 aromatic rings. The highest BCUT2D eigenvalue weighted by Gasteiger charge is 2.18. The van der Waals surface area contributed by atoms with E-state index in [1.54, 1.807) is 4.90 Å². The van der Waals surface area contributed by atoms with Crippen LogP contribution < -0.4 is 5.73 Å². The molecular formula is C13H26N2O2. The molecule has 2 unspecified atom stereocenters. The fourth-order valence-electron chi connectivity index (χ4n) is 2.04. The van der Waals surface area contributed by atoms with Crippen LogP contribution in [0.15, 0.2) is 0 Å². The topological polar surface area (TPSA) is 55.6 Å². The summed E-state index contributed by atoms with van der Waals surface area (Å²) in [6.07, 6.45) is 5.17. The second-order valence-corrected chi connectivity index (χ2v) is 5.14. The van der Waals surface area contributed by atoms with Gasteiger partial charge < -0.3 is 15.4 Å². The van der Waals surface area contributed by atoms with Gasteiger partial charge in [0.15, 0.2) is 0 Å². The monoisotopic (exact) mass is 242 g/mol.